The molecule has 0 radical (unpaired) electrons. The average Bonchev–Trinajstić information content (AvgIpc) is 2.73. The lowest BCUT2D eigenvalue weighted by Gasteiger charge is -2.02. The SMILES string of the molecule is CCOC(=O)c1coc(C#N)c1C(=O)OCC. The van der Waals surface area contributed by atoms with Crippen LogP contribution in [0.25, 0.3) is 0 Å². The van der Waals surface area contributed by atoms with Gasteiger partial charge in [-0.3, -0.25) is 0 Å². The van der Waals surface area contributed by atoms with Crippen molar-refractivity contribution in [2.24, 2.45) is 0 Å². The largest absolute Gasteiger partial charge is 0.462 e. The molecule has 0 aliphatic heterocycles. The minimum Gasteiger partial charge on any atom is -0.462 e. The Kier molecular flexibility index (Phi) is 4.29. The van der Waals surface area contributed by atoms with Crippen LogP contribution in [0, 0.1) is 11.3 Å². The Bertz CT molecular complexity index is 469. The van der Waals surface area contributed by atoms with Gasteiger partial charge in [0.05, 0.1) is 13.2 Å². The second-order valence-electron chi connectivity index (χ2n) is 2.91. The van der Waals surface area contributed by atoms with Crippen molar-refractivity contribution in [1.29, 1.82) is 5.26 Å². The first-order valence-corrected chi connectivity index (χ1v) is 5.01. The molecule has 0 N–H and O–H groups in total. The second kappa shape index (κ2) is 5.70. The summed E-state index contributed by atoms with van der Waals surface area (Å²) in [5.41, 5.74) is -0.283. The molecule has 0 saturated heterocycles. The lowest BCUT2D eigenvalue weighted by Crippen LogP contribution is -2.13. The maximum absolute atomic E-state index is 11.6. The predicted octanol–water partition coefficient (Wildman–Crippen LogP) is 1.50. The van der Waals surface area contributed by atoms with Gasteiger partial charge < -0.3 is 13.9 Å². The highest BCUT2D eigenvalue weighted by molar-refractivity contribution is 6.04. The zero-order valence-electron chi connectivity index (χ0n) is 9.48. The number of carbonyl (C=O) groups excluding carboxylic acids is 2. The first kappa shape index (κ1) is 12.8. The van der Waals surface area contributed by atoms with E-state index in [2.05, 4.69) is 0 Å². The molecule has 0 saturated carbocycles. The highest BCUT2D eigenvalue weighted by Crippen LogP contribution is 2.19. The molecule has 0 fully saturated rings. The number of furan rings is 1. The molecule has 0 bridgehead atoms. The Morgan fingerprint density at radius 1 is 1.29 bits per heavy atom. The van der Waals surface area contributed by atoms with Crippen molar-refractivity contribution in [2.75, 3.05) is 13.2 Å². The van der Waals surface area contributed by atoms with Gasteiger partial charge in [0.15, 0.2) is 0 Å². The molecule has 0 aromatic carbocycles. The van der Waals surface area contributed by atoms with Crippen LogP contribution in [0.5, 0.6) is 0 Å². The van der Waals surface area contributed by atoms with E-state index in [9.17, 15) is 9.59 Å². The van der Waals surface area contributed by atoms with Crippen molar-refractivity contribution in [3.63, 3.8) is 0 Å². The van der Waals surface area contributed by atoms with Crippen LogP contribution in [0.1, 0.15) is 40.3 Å². The van der Waals surface area contributed by atoms with Crippen molar-refractivity contribution in [3.8, 4) is 6.07 Å². The highest BCUT2D eigenvalue weighted by atomic mass is 16.5. The Labute approximate surface area is 97.7 Å². The predicted molar refractivity (Wildman–Crippen MR) is 55.3 cm³/mol. The van der Waals surface area contributed by atoms with Crippen LogP contribution in [-0.2, 0) is 9.47 Å². The van der Waals surface area contributed by atoms with E-state index in [-0.39, 0.29) is 30.1 Å². The summed E-state index contributed by atoms with van der Waals surface area (Å²) in [4.78, 5) is 23.1. The molecule has 1 aromatic rings. The van der Waals surface area contributed by atoms with Crippen molar-refractivity contribution in [1.82, 2.24) is 0 Å². The third kappa shape index (κ3) is 2.64. The van der Waals surface area contributed by atoms with Crippen LogP contribution in [-0.4, -0.2) is 25.2 Å². The van der Waals surface area contributed by atoms with Gasteiger partial charge in [-0.15, -0.1) is 0 Å². The minimum absolute atomic E-state index is 0.0955. The zero-order chi connectivity index (χ0) is 12.8. The molecule has 1 rings (SSSR count). The van der Waals surface area contributed by atoms with Gasteiger partial charge in [0, 0.05) is 0 Å². The summed E-state index contributed by atoms with van der Waals surface area (Å²) in [5, 5.41) is 8.76. The second-order valence-corrected chi connectivity index (χ2v) is 2.91. The first-order valence-electron chi connectivity index (χ1n) is 5.01. The first-order chi connectivity index (χ1) is 8.15. The molecular weight excluding hydrogens is 226 g/mol. The number of ether oxygens (including phenoxy) is 2. The topological polar surface area (TPSA) is 89.5 Å². The molecule has 0 aliphatic carbocycles. The van der Waals surface area contributed by atoms with E-state index in [0.717, 1.165) is 6.26 Å². The Balaban J connectivity index is 3.15. The molecule has 17 heavy (non-hydrogen) atoms. The smallest absolute Gasteiger partial charge is 0.343 e. The lowest BCUT2D eigenvalue weighted by atomic mass is 10.1. The third-order valence-electron chi connectivity index (χ3n) is 1.87. The highest BCUT2D eigenvalue weighted by Gasteiger charge is 2.27. The summed E-state index contributed by atoms with van der Waals surface area (Å²) >= 11 is 0. The number of carbonyl (C=O) groups is 2. The maximum Gasteiger partial charge on any atom is 0.343 e. The molecule has 6 nitrogen and oxygen atoms in total. The van der Waals surface area contributed by atoms with Gasteiger partial charge >= 0.3 is 11.9 Å². The van der Waals surface area contributed by atoms with Crippen molar-refractivity contribution < 1.29 is 23.5 Å². The number of nitriles is 1. The monoisotopic (exact) mass is 237 g/mol. The van der Waals surface area contributed by atoms with Crippen LogP contribution < -0.4 is 0 Å². The molecule has 1 aromatic heterocycles. The fourth-order valence-corrected chi connectivity index (χ4v) is 1.21. The normalized spacial score (nSPS) is 9.47. The van der Waals surface area contributed by atoms with Crippen LogP contribution in [0.2, 0.25) is 0 Å². The quantitative estimate of drug-likeness (QED) is 0.737. The van der Waals surface area contributed by atoms with Gasteiger partial charge in [-0.25, -0.2) is 9.59 Å². The fourth-order valence-electron chi connectivity index (χ4n) is 1.21. The van der Waals surface area contributed by atoms with E-state index in [0.29, 0.717) is 0 Å². The van der Waals surface area contributed by atoms with Gasteiger partial charge in [0.1, 0.15) is 23.5 Å². The molecule has 6 heteroatoms. The molecule has 0 aliphatic rings. The standard InChI is InChI=1S/C11H11NO5/c1-3-15-10(13)7-6-17-8(5-12)9(7)11(14)16-4-2/h6H,3-4H2,1-2H3. The summed E-state index contributed by atoms with van der Waals surface area (Å²) in [6.07, 6.45) is 1.02. The van der Waals surface area contributed by atoms with Gasteiger partial charge in [0.2, 0.25) is 5.76 Å². The molecule has 1 heterocycles. The van der Waals surface area contributed by atoms with Crippen LogP contribution >= 0.6 is 0 Å². The van der Waals surface area contributed by atoms with Gasteiger partial charge in [-0.05, 0) is 13.8 Å². The van der Waals surface area contributed by atoms with E-state index in [1.165, 1.54) is 0 Å². The number of hydrogen-bond acceptors (Lipinski definition) is 6. The number of hydrogen-bond donors (Lipinski definition) is 0. The van der Waals surface area contributed by atoms with E-state index < -0.39 is 11.9 Å². The average molecular weight is 237 g/mol. The van der Waals surface area contributed by atoms with Gasteiger partial charge in [0.25, 0.3) is 0 Å². The maximum atomic E-state index is 11.6. The van der Waals surface area contributed by atoms with Crippen LogP contribution in [0.4, 0.5) is 0 Å². The molecule has 90 valence electrons. The lowest BCUT2D eigenvalue weighted by molar-refractivity contribution is 0.0480. The number of nitrogens with zero attached hydrogens (tertiary/aromatic N) is 1. The summed E-state index contributed by atoms with van der Waals surface area (Å²) in [7, 11) is 0. The van der Waals surface area contributed by atoms with E-state index in [1.54, 1.807) is 19.9 Å². The molecular formula is C11H11NO5. The molecule has 0 atom stereocenters. The van der Waals surface area contributed by atoms with E-state index in [4.69, 9.17) is 19.2 Å². The summed E-state index contributed by atoms with van der Waals surface area (Å²) in [6, 6.07) is 1.68. The summed E-state index contributed by atoms with van der Waals surface area (Å²) in [5.74, 6) is -1.76. The summed E-state index contributed by atoms with van der Waals surface area (Å²) < 4.78 is 14.3. The van der Waals surface area contributed by atoms with Crippen LogP contribution in [0.15, 0.2) is 10.7 Å². The van der Waals surface area contributed by atoms with Crippen molar-refractivity contribution >= 4 is 11.9 Å². The Morgan fingerprint density at radius 2 is 1.88 bits per heavy atom. The van der Waals surface area contributed by atoms with Gasteiger partial charge in [-0.1, -0.05) is 0 Å². The fraction of sp³-hybridized carbons (Fsp3) is 0.364. The van der Waals surface area contributed by atoms with E-state index >= 15 is 0 Å². The minimum atomic E-state index is -0.777. The zero-order valence-corrected chi connectivity index (χ0v) is 9.48. The Hall–Kier alpha value is -2.29. The Morgan fingerprint density at radius 3 is 2.41 bits per heavy atom. The molecule has 0 spiro atoms. The number of rotatable bonds is 4. The third-order valence-corrected chi connectivity index (χ3v) is 1.87. The summed E-state index contributed by atoms with van der Waals surface area (Å²) in [6.45, 7) is 3.55. The molecule has 0 unspecified atom stereocenters. The van der Waals surface area contributed by atoms with Crippen LogP contribution in [0.3, 0.4) is 0 Å². The molecule has 0 amide bonds. The van der Waals surface area contributed by atoms with Crippen molar-refractivity contribution in [3.05, 3.63) is 23.2 Å². The van der Waals surface area contributed by atoms with Gasteiger partial charge in [-0.2, -0.15) is 5.26 Å². The van der Waals surface area contributed by atoms with E-state index in [1.807, 2.05) is 0 Å². The van der Waals surface area contributed by atoms with Crippen molar-refractivity contribution in [2.45, 2.75) is 13.8 Å². The number of esters is 2.